The number of carbonyl (C=O) groups excluding carboxylic acids is 1. The molecule has 2 aromatic rings. The van der Waals surface area contributed by atoms with Crippen LogP contribution < -0.4 is 10.2 Å². The second kappa shape index (κ2) is 10.5. The molecule has 8 nitrogen and oxygen atoms in total. The highest BCUT2D eigenvalue weighted by atomic mass is 32.2. The average Bonchev–Trinajstić information content (AvgIpc) is 3.03. The van der Waals surface area contributed by atoms with Gasteiger partial charge in [0, 0.05) is 50.3 Å². The zero-order chi connectivity index (χ0) is 24.4. The van der Waals surface area contributed by atoms with Crippen molar-refractivity contribution in [1.82, 2.24) is 19.4 Å². The Bertz CT molecular complexity index is 1140. The van der Waals surface area contributed by atoms with E-state index in [0.29, 0.717) is 31.6 Å². The van der Waals surface area contributed by atoms with Crippen molar-refractivity contribution in [1.29, 1.82) is 0 Å². The first kappa shape index (κ1) is 24.6. The van der Waals surface area contributed by atoms with Gasteiger partial charge in [-0.05, 0) is 56.7 Å². The quantitative estimate of drug-likeness (QED) is 0.673. The van der Waals surface area contributed by atoms with E-state index in [4.69, 9.17) is 0 Å². The molecule has 1 N–H and O–H groups in total. The van der Waals surface area contributed by atoms with Gasteiger partial charge in [0.1, 0.15) is 0 Å². The average molecular weight is 502 g/mol. The first-order valence-corrected chi connectivity index (χ1v) is 15.0. The summed E-state index contributed by atoms with van der Waals surface area (Å²) in [6.07, 6.45) is 11.0. The highest BCUT2D eigenvalue weighted by Crippen LogP contribution is 2.29. The van der Waals surface area contributed by atoms with Crippen molar-refractivity contribution in [2.75, 3.05) is 31.1 Å². The van der Waals surface area contributed by atoms with Crippen molar-refractivity contribution < 1.29 is 13.2 Å². The van der Waals surface area contributed by atoms with Gasteiger partial charge < -0.3 is 10.2 Å². The Morgan fingerprint density at radius 2 is 1.57 bits per heavy atom. The summed E-state index contributed by atoms with van der Waals surface area (Å²) in [5, 5.41) is 8.33. The lowest BCUT2D eigenvalue weighted by Crippen LogP contribution is -2.49. The Morgan fingerprint density at radius 3 is 2.26 bits per heavy atom. The van der Waals surface area contributed by atoms with E-state index in [0.717, 1.165) is 56.1 Å². The molecule has 1 amide bonds. The van der Waals surface area contributed by atoms with Crippen LogP contribution in [-0.2, 0) is 17.1 Å². The zero-order valence-corrected chi connectivity index (χ0v) is 21.7. The van der Waals surface area contributed by atoms with Gasteiger partial charge in [0.05, 0.1) is 10.8 Å². The third-order valence-electron chi connectivity index (χ3n) is 8.14. The number of piperidine rings is 1. The molecule has 1 aromatic heterocycles. The fourth-order valence-corrected chi connectivity index (χ4v) is 8.09. The van der Waals surface area contributed by atoms with E-state index in [1.807, 2.05) is 13.1 Å². The van der Waals surface area contributed by atoms with Crippen molar-refractivity contribution in [3.8, 4) is 0 Å². The van der Waals surface area contributed by atoms with Crippen molar-refractivity contribution >= 4 is 32.5 Å². The fraction of sp³-hybridized carbons (Fsp3) is 0.692. The van der Waals surface area contributed by atoms with Crippen molar-refractivity contribution in [2.24, 2.45) is 7.05 Å². The first-order chi connectivity index (χ1) is 16.9. The van der Waals surface area contributed by atoms with Crippen LogP contribution in [0.2, 0.25) is 0 Å². The van der Waals surface area contributed by atoms with Crippen molar-refractivity contribution in [3.05, 3.63) is 23.9 Å². The fourth-order valence-electron chi connectivity index (χ4n) is 6.02. The van der Waals surface area contributed by atoms with Crippen LogP contribution >= 0.6 is 0 Å². The van der Waals surface area contributed by atoms with Crippen LogP contribution in [-0.4, -0.2) is 65.9 Å². The molecule has 0 unspecified atom stereocenters. The van der Waals surface area contributed by atoms with Gasteiger partial charge in [-0.25, -0.2) is 12.7 Å². The molecule has 9 heteroatoms. The molecule has 35 heavy (non-hydrogen) atoms. The Hall–Kier alpha value is -2.13. The van der Waals surface area contributed by atoms with Gasteiger partial charge in [-0.1, -0.05) is 32.1 Å². The molecule has 5 rings (SSSR count). The van der Waals surface area contributed by atoms with Crippen LogP contribution in [0.1, 0.15) is 81.1 Å². The SMILES string of the molecule is Cn1nc(C(=O)NC2CCN(S(=O)(=O)C3CCCCC3)CC2)c2ccc(N3CCCCCC3)cc21. The summed E-state index contributed by atoms with van der Waals surface area (Å²) in [7, 11) is -1.34. The topological polar surface area (TPSA) is 87.5 Å². The maximum Gasteiger partial charge on any atom is 0.272 e. The first-order valence-electron chi connectivity index (χ1n) is 13.4. The number of carbonyl (C=O) groups is 1. The van der Waals surface area contributed by atoms with E-state index >= 15 is 0 Å². The smallest absolute Gasteiger partial charge is 0.272 e. The van der Waals surface area contributed by atoms with Gasteiger partial charge >= 0.3 is 0 Å². The minimum atomic E-state index is -3.23. The zero-order valence-electron chi connectivity index (χ0n) is 20.9. The summed E-state index contributed by atoms with van der Waals surface area (Å²) >= 11 is 0. The van der Waals surface area contributed by atoms with Gasteiger partial charge in [-0.3, -0.25) is 9.48 Å². The number of aryl methyl sites for hydroxylation is 1. The van der Waals surface area contributed by atoms with E-state index < -0.39 is 10.0 Å². The van der Waals surface area contributed by atoms with Gasteiger partial charge in [0.25, 0.3) is 5.91 Å². The number of rotatable bonds is 5. The molecule has 0 spiro atoms. The van der Waals surface area contributed by atoms with Crippen LogP contribution in [0.5, 0.6) is 0 Å². The number of anilines is 1. The number of aromatic nitrogens is 2. The molecule has 0 radical (unpaired) electrons. The van der Waals surface area contributed by atoms with Gasteiger partial charge in [-0.15, -0.1) is 0 Å². The number of nitrogens with zero attached hydrogens (tertiary/aromatic N) is 4. The lowest BCUT2D eigenvalue weighted by atomic mass is 10.0. The molecule has 0 atom stereocenters. The number of hydrogen-bond acceptors (Lipinski definition) is 5. The molecule has 192 valence electrons. The van der Waals surface area contributed by atoms with Gasteiger partial charge in [0.15, 0.2) is 5.69 Å². The van der Waals surface area contributed by atoms with E-state index in [1.165, 1.54) is 31.4 Å². The lowest BCUT2D eigenvalue weighted by Gasteiger charge is -2.35. The number of benzene rings is 1. The highest BCUT2D eigenvalue weighted by molar-refractivity contribution is 7.89. The molecule has 1 aliphatic carbocycles. The van der Waals surface area contributed by atoms with Crippen molar-refractivity contribution in [2.45, 2.75) is 81.9 Å². The predicted molar refractivity (Wildman–Crippen MR) is 139 cm³/mol. The second-order valence-electron chi connectivity index (χ2n) is 10.5. The van der Waals surface area contributed by atoms with E-state index in [-0.39, 0.29) is 17.2 Å². The monoisotopic (exact) mass is 501 g/mol. The number of fused-ring (bicyclic) bond motifs is 1. The molecular weight excluding hydrogens is 462 g/mol. The van der Waals surface area contributed by atoms with Gasteiger partial charge in [0.2, 0.25) is 10.0 Å². The molecule has 1 aromatic carbocycles. The lowest BCUT2D eigenvalue weighted by molar-refractivity contribution is 0.0919. The summed E-state index contributed by atoms with van der Waals surface area (Å²) < 4.78 is 29.5. The third-order valence-corrected chi connectivity index (χ3v) is 10.5. The summed E-state index contributed by atoms with van der Waals surface area (Å²) in [4.78, 5) is 15.6. The minimum Gasteiger partial charge on any atom is -0.371 e. The summed E-state index contributed by atoms with van der Waals surface area (Å²) in [5.74, 6) is -0.174. The van der Waals surface area contributed by atoms with Crippen LogP contribution in [0.15, 0.2) is 18.2 Å². The molecule has 3 fully saturated rings. The summed E-state index contributed by atoms with van der Waals surface area (Å²) in [6, 6.07) is 6.25. The number of nitrogens with one attached hydrogen (secondary N) is 1. The minimum absolute atomic E-state index is 0.0336. The Kier molecular flexibility index (Phi) is 7.34. The normalized spacial score (nSPS) is 21.8. The maximum atomic E-state index is 13.2. The maximum absolute atomic E-state index is 13.2. The Morgan fingerprint density at radius 1 is 0.914 bits per heavy atom. The van der Waals surface area contributed by atoms with Crippen LogP contribution in [0, 0.1) is 0 Å². The third kappa shape index (κ3) is 5.21. The molecule has 0 bridgehead atoms. The number of amides is 1. The van der Waals surface area contributed by atoms with Crippen LogP contribution in [0.4, 0.5) is 5.69 Å². The van der Waals surface area contributed by atoms with Crippen LogP contribution in [0.25, 0.3) is 10.9 Å². The predicted octanol–water partition coefficient (Wildman–Crippen LogP) is 3.81. The summed E-state index contributed by atoms with van der Waals surface area (Å²) in [6.45, 7) is 3.11. The van der Waals surface area contributed by atoms with E-state index in [9.17, 15) is 13.2 Å². The molecular formula is C26H39N5O3S. The Balaban J connectivity index is 1.23. The largest absolute Gasteiger partial charge is 0.371 e. The van der Waals surface area contributed by atoms with Crippen molar-refractivity contribution in [3.63, 3.8) is 0 Å². The second-order valence-corrected chi connectivity index (χ2v) is 12.7. The molecule has 1 saturated carbocycles. The van der Waals surface area contributed by atoms with E-state index in [2.05, 4.69) is 27.4 Å². The summed E-state index contributed by atoms with van der Waals surface area (Å²) in [5.41, 5.74) is 2.60. The van der Waals surface area contributed by atoms with Crippen LogP contribution in [0.3, 0.4) is 0 Å². The molecule has 3 aliphatic rings. The standard InChI is InChI=1S/C26H39N5O3S/c1-29-24-19-21(30-15-7-2-3-8-16-30)11-12-23(24)25(28-29)26(32)27-20-13-17-31(18-14-20)35(33,34)22-9-5-4-6-10-22/h11-12,19-20,22H,2-10,13-18H2,1H3,(H,27,32). The van der Waals surface area contributed by atoms with Gasteiger partial charge in [-0.2, -0.15) is 5.10 Å². The van der Waals surface area contributed by atoms with E-state index in [1.54, 1.807) is 8.99 Å². The molecule has 2 saturated heterocycles. The molecule has 2 aliphatic heterocycles. The Labute approximate surface area is 209 Å². The number of hydrogen-bond donors (Lipinski definition) is 1. The number of sulfonamides is 1. The highest BCUT2D eigenvalue weighted by Gasteiger charge is 2.35. The molecule has 3 heterocycles.